The summed E-state index contributed by atoms with van der Waals surface area (Å²) in [6, 6.07) is 18.4. The van der Waals surface area contributed by atoms with Crippen LogP contribution in [0.1, 0.15) is 62.2 Å². The third-order valence-electron chi connectivity index (χ3n) is 7.55. The van der Waals surface area contributed by atoms with Gasteiger partial charge in [-0.25, -0.2) is 19.2 Å². The summed E-state index contributed by atoms with van der Waals surface area (Å²) in [6.45, 7) is 3.37. The lowest BCUT2D eigenvalue weighted by Crippen LogP contribution is -2.32. The second-order valence-electron chi connectivity index (χ2n) is 10.6. The summed E-state index contributed by atoms with van der Waals surface area (Å²) in [7, 11) is 0. The number of carbonyl (C=O) groups excluding carboxylic acids is 1. The van der Waals surface area contributed by atoms with E-state index in [0.717, 1.165) is 39.7 Å². The Morgan fingerprint density at radius 3 is 2.70 bits per heavy atom. The normalized spacial score (nSPS) is 12.7. The molecule has 0 radical (unpaired) electrons. The molecule has 2 aromatic heterocycles. The van der Waals surface area contributed by atoms with Crippen molar-refractivity contribution in [2.24, 2.45) is 0 Å². The Bertz CT molecular complexity index is 1800. The molecule has 1 aliphatic heterocycles. The van der Waals surface area contributed by atoms with Gasteiger partial charge in [0.05, 0.1) is 16.8 Å². The van der Waals surface area contributed by atoms with E-state index in [9.17, 15) is 19.1 Å². The fourth-order valence-corrected chi connectivity index (χ4v) is 7.43. The number of aromatic carboxylic acids is 1. The molecule has 1 aliphatic rings. The number of nitrogens with zero attached hydrogens (tertiary/aromatic N) is 3. The Balaban J connectivity index is 1.15. The van der Waals surface area contributed by atoms with E-state index in [-0.39, 0.29) is 29.8 Å². The van der Waals surface area contributed by atoms with E-state index >= 15 is 0 Å². The first kappa shape index (κ1) is 29.7. The van der Waals surface area contributed by atoms with Crippen molar-refractivity contribution in [3.8, 4) is 5.75 Å². The highest BCUT2D eigenvalue weighted by Gasteiger charge is 2.27. The molecule has 5 aromatic rings. The summed E-state index contributed by atoms with van der Waals surface area (Å²) < 4.78 is 21.2. The zero-order valence-electron chi connectivity index (χ0n) is 24.1. The van der Waals surface area contributed by atoms with Gasteiger partial charge in [0.15, 0.2) is 27.5 Å². The van der Waals surface area contributed by atoms with Crippen molar-refractivity contribution < 1.29 is 23.8 Å². The monoisotopic (exact) mass is 630 g/mol. The van der Waals surface area contributed by atoms with Gasteiger partial charge in [0.25, 0.3) is 5.91 Å². The molecule has 0 saturated carbocycles. The van der Waals surface area contributed by atoms with Gasteiger partial charge in [-0.3, -0.25) is 10.1 Å². The zero-order valence-corrected chi connectivity index (χ0v) is 25.8. The van der Waals surface area contributed by atoms with Crippen molar-refractivity contribution in [1.29, 1.82) is 0 Å². The molecule has 0 unspecified atom stereocenters. The number of carbonyl (C=O) groups is 2. The van der Waals surface area contributed by atoms with Crippen LogP contribution in [-0.2, 0) is 25.8 Å². The smallest absolute Gasteiger partial charge is 0.355 e. The lowest BCUT2D eigenvalue weighted by Gasteiger charge is -2.29. The Kier molecular flexibility index (Phi) is 8.85. The zero-order chi connectivity index (χ0) is 30.6. The molecule has 0 atom stereocenters. The van der Waals surface area contributed by atoms with Gasteiger partial charge in [-0.2, -0.15) is 0 Å². The Morgan fingerprint density at radius 1 is 1.05 bits per heavy atom. The van der Waals surface area contributed by atoms with Gasteiger partial charge < -0.3 is 14.7 Å². The molecule has 0 saturated heterocycles. The number of nitrogens with one attached hydrogen (secondary N) is 1. The van der Waals surface area contributed by atoms with Crippen molar-refractivity contribution >= 4 is 55.0 Å². The number of ether oxygens (including phenoxy) is 1. The van der Waals surface area contributed by atoms with E-state index in [2.05, 4.69) is 15.3 Å². The van der Waals surface area contributed by atoms with Crippen LogP contribution >= 0.6 is 22.7 Å². The Morgan fingerprint density at radius 2 is 1.89 bits per heavy atom. The van der Waals surface area contributed by atoms with Gasteiger partial charge >= 0.3 is 5.97 Å². The summed E-state index contributed by atoms with van der Waals surface area (Å²) in [5, 5.41) is 14.0. The standard InChI is InChI=1S/C33H31FN4O4S2/c1-2-8-21-10-6-12-24(34)29(21)42-18-7-15-27-28(31(40)41)36-33(44-27)38-17-16-20-9-5-11-22(23(20)19-38)30(39)37-32-35-25-13-3-4-14-26(25)43-32/h3-6,9-14H,2,7-8,15-19H2,1H3,(H,40,41)(H,35,37,39). The Hall–Kier alpha value is -4.35. The summed E-state index contributed by atoms with van der Waals surface area (Å²) in [5.74, 6) is -1.43. The van der Waals surface area contributed by atoms with E-state index in [1.54, 1.807) is 6.07 Å². The van der Waals surface area contributed by atoms with Crippen molar-refractivity contribution in [2.75, 3.05) is 23.4 Å². The number of hydrogen-bond acceptors (Lipinski definition) is 8. The molecular weight excluding hydrogens is 600 g/mol. The molecular formula is C33H31FN4O4S2. The number of thiazole rings is 2. The van der Waals surface area contributed by atoms with Gasteiger partial charge in [0.1, 0.15) is 0 Å². The van der Waals surface area contributed by atoms with Crippen molar-refractivity contribution in [3.63, 3.8) is 0 Å². The van der Waals surface area contributed by atoms with E-state index in [1.807, 2.05) is 60.4 Å². The van der Waals surface area contributed by atoms with Crippen LogP contribution < -0.4 is 15.0 Å². The first-order valence-electron chi connectivity index (χ1n) is 14.6. The molecule has 0 fully saturated rings. The molecule has 1 amide bonds. The number of aromatic nitrogens is 2. The van der Waals surface area contributed by atoms with Crippen molar-refractivity contribution in [3.05, 3.63) is 99.3 Å². The highest BCUT2D eigenvalue weighted by molar-refractivity contribution is 7.22. The van der Waals surface area contributed by atoms with Crippen LogP contribution in [0.5, 0.6) is 5.75 Å². The topological polar surface area (TPSA) is 105 Å². The molecule has 3 aromatic carbocycles. The second-order valence-corrected chi connectivity index (χ2v) is 12.7. The third-order valence-corrected chi connectivity index (χ3v) is 9.68. The quantitative estimate of drug-likeness (QED) is 0.147. The lowest BCUT2D eigenvalue weighted by molar-refractivity contribution is 0.0690. The number of hydrogen-bond donors (Lipinski definition) is 2. The van der Waals surface area contributed by atoms with Gasteiger partial charge in [0, 0.05) is 23.5 Å². The van der Waals surface area contributed by atoms with E-state index < -0.39 is 5.97 Å². The van der Waals surface area contributed by atoms with Gasteiger partial charge in [-0.1, -0.05) is 61.1 Å². The lowest BCUT2D eigenvalue weighted by atomic mass is 9.94. The molecule has 11 heteroatoms. The summed E-state index contributed by atoms with van der Waals surface area (Å²) >= 11 is 2.77. The molecule has 3 heterocycles. The number of para-hydroxylation sites is 2. The number of rotatable bonds is 11. The minimum absolute atomic E-state index is 0.0234. The van der Waals surface area contributed by atoms with Crippen LogP contribution in [0.15, 0.2) is 60.7 Å². The van der Waals surface area contributed by atoms with Crippen LogP contribution in [0.3, 0.4) is 0 Å². The first-order chi connectivity index (χ1) is 21.4. The molecule has 8 nitrogen and oxygen atoms in total. The number of benzene rings is 3. The van der Waals surface area contributed by atoms with Crippen LogP contribution in [0.4, 0.5) is 14.7 Å². The third kappa shape index (κ3) is 6.29. The van der Waals surface area contributed by atoms with Crippen LogP contribution in [0.2, 0.25) is 0 Å². The van der Waals surface area contributed by atoms with Crippen molar-refractivity contribution in [2.45, 2.75) is 45.6 Å². The largest absolute Gasteiger partial charge is 0.490 e. The number of halogens is 1. The fraction of sp³-hybridized carbons (Fsp3) is 0.273. The van der Waals surface area contributed by atoms with E-state index in [0.29, 0.717) is 53.1 Å². The SMILES string of the molecule is CCCc1cccc(F)c1OCCCc1sc(N2CCc3cccc(C(=O)Nc4nc5ccccc5s4)c3C2)nc1C(=O)O. The summed E-state index contributed by atoms with van der Waals surface area (Å²) in [4.78, 5) is 37.2. The number of carboxylic acid groups (broad SMARTS) is 1. The molecule has 6 rings (SSSR count). The molecule has 2 N–H and O–H groups in total. The van der Waals surface area contributed by atoms with Gasteiger partial charge in [-0.05, 0) is 66.6 Å². The number of anilines is 2. The predicted molar refractivity (Wildman–Crippen MR) is 172 cm³/mol. The van der Waals surface area contributed by atoms with E-state index in [4.69, 9.17) is 4.74 Å². The summed E-state index contributed by atoms with van der Waals surface area (Å²) in [6.07, 6.45) is 3.25. The first-order valence-corrected chi connectivity index (χ1v) is 16.2. The molecule has 0 spiro atoms. The summed E-state index contributed by atoms with van der Waals surface area (Å²) in [5.41, 5.74) is 4.23. The predicted octanol–water partition coefficient (Wildman–Crippen LogP) is 7.37. The van der Waals surface area contributed by atoms with E-state index in [1.165, 1.54) is 28.7 Å². The number of amides is 1. The second kappa shape index (κ2) is 13.1. The molecule has 0 aliphatic carbocycles. The minimum Gasteiger partial charge on any atom is -0.490 e. The van der Waals surface area contributed by atoms with Gasteiger partial charge in [-0.15, -0.1) is 11.3 Å². The maximum absolute atomic E-state index is 14.4. The highest BCUT2D eigenvalue weighted by Crippen LogP contribution is 2.33. The van der Waals surface area contributed by atoms with Gasteiger partial charge in [0.2, 0.25) is 0 Å². The maximum Gasteiger partial charge on any atom is 0.355 e. The van der Waals surface area contributed by atoms with Crippen molar-refractivity contribution in [1.82, 2.24) is 9.97 Å². The molecule has 0 bridgehead atoms. The minimum atomic E-state index is -1.09. The van der Waals surface area contributed by atoms with Crippen LogP contribution in [-0.4, -0.2) is 40.1 Å². The highest BCUT2D eigenvalue weighted by atomic mass is 32.1. The van der Waals surface area contributed by atoms with Crippen LogP contribution in [0.25, 0.3) is 10.2 Å². The van der Waals surface area contributed by atoms with Crippen LogP contribution in [0, 0.1) is 5.82 Å². The maximum atomic E-state index is 14.4. The number of aryl methyl sites for hydroxylation is 2. The number of carboxylic acids is 1. The Labute approximate surface area is 262 Å². The molecule has 226 valence electrons. The average Bonchev–Trinajstić information content (AvgIpc) is 3.64. The molecule has 44 heavy (non-hydrogen) atoms. The fourth-order valence-electron chi connectivity index (χ4n) is 5.45. The number of fused-ring (bicyclic) bond motifs is 2. The average molecular weight is 631 g/mol.